The molecule has 4 heteroatoms. The second kappa shape index (κ2) is 12.7. The highest BCUT2D eigenvalue weighted by atomic mass is 32.1. The smallest absolute Gasteiger partial charge is 0.139 e. The minimum atomic E-state index is 0.760. The average molecular weight is 685 g/mol. The number of furan rings is 1. The average Bonchev–Trinajstić information content (AvgIpc) is 3.77. The molecule has 246 valence electrons. The van der Waals surface area contributed by atoms with Crippen LogP contribution in [0.4, 0.5) is 0 Å². The van der Waals surface area contributed by atoms with Gasteiger partial charge in [0.15, 0.2) is 0 Å². The number of allylic oxidation sites excluding steroid dienone is 2. The Labute approximate surface area is 305 Å². The van der Waals surface area contributed by atoms with Crippen molar-refractivity contribution in [1.82, 2.24) is 5.32 Å². The third-order valence-electron chi connectivity index (χ3n) is 9.94. The first kappa shape index (κ1) is 30.3. The van der Waals surface area contributed by atoms with E-state index in [2.05, 4.69) is 169 Å². The van der Waals surface area contributed by atoms with Crippen LogP contribution in [-0.2, 0) is 0 Å². The van der Waals surface area contributed by atoms with Gasteiger partial charge in [0.1, 0.15) is 17.0 Å². The van der Waals surface area contributed by atoms with Crippen molar-refractivity contribution in [3.05, 3.63) is 193 Å². The van der Waals surface area contributed by atoms with Gasteiger partial charge in [-0.15, -0.1) is 11.3 Å². The lowest BCUT2D eigenvalue weighted by Crippen LogP contribution is -2.24. The first-order chi connectivity index (χ1) is 25.8. The van der Waals surface area contributed by atoms with Crippen LogP contribution in [0, 0.1) is 0 Å². The third-order valence-corrected chi connectivity index (χ3v) is 11.2. The molecule has 0 fully saturated rings. The van der Waals surface area contributed by atoms with E-state index in [1.807, 2.05) is 23.5 Å². The van der Waals surface area contributed by atoms with Crippen LogP contribution in [0.15, 0.2) is 185 Å². The summed E-state index contributed by atoms with van der Waals surface area (Å²) in [5.74, 6) is 0.781. The molecule has 10 rings (SSSR count). The molecule has 0 atom stereocenters. The fraction of sp³-hybridized carbons (Fsp3) is 0.0208. The maximum atomic E-state index is 6.54. The molecular weight excluding hydrogens is 653 g/mol. The Balaban J connectivity index is 1.16. The molecule has 9 aromatic rings. The SMILES string of the molecule is C1=C(c2ccccc2)N=C(c2cccc3oc4ccc(-c5cccc6c5sc5c(-c7ccccc7)cccc56)cc4c23)N/C(c2ccccc2)=C/C1. The molecule has 1 N–H and O–H groups in total. The van der Waals surface area contributed by atoms with Crippen molar-refractivity contribution in [1.29, 1.82) is 0 Å². The minimum Gasteiger partial charge on any atom is -0.456 e. The molecule has 7 aromatic carbocycles. The molecule has 0 spiro atoms. The van der Waals surface area contributed by atoms with Crippen LogP contribution in [0.2, 0.25) is 0 Å². The Morgan fingerprint density at radius 3 is 1.81 bits per heavy atom. The van der Waals surface area contributed by atoms with Gasteiger partial charge in [-0.25, -0.2) is 4.99 Å². The van der Waals surface area contributed by atoms with Gasteiger partial charge < -0.3 is 9.73 Å². The van der Waals surface area contributed by atoms with Gasteiger partial charge in [0, 0.05) is 42.2 Å². The van der Waals surface area contributed by atoms with Crippen molar-refractivity contribution in [3.8, 4) is 22.3 Å². The molecule has 0 saturated heterocycles. The van der Waals surface area contributed by atoms with Gasteiger partial charge in [-0.3, -0.25) is 0 Å². The predicted molar refractivity (Wildman–Crippen MR) is 221 cm³/mol. The molecule has 2 aromatic heterocycles. The van der Waals surface area contributed by atoms with E-state index < -0.39 is 0 Å². The predicted octanol–water partition coefficient (Wildman–Crippen LogP) is 13.1. The first-order valence-corrected chi connectivity index (χ1v) is 18.4. The molecule has 52 heavy (non-hydrogen) atoms. The number of amidine groups is 1. The number of aliphatic imine (C=N–C) groups is 1. The first-order valence-electron chi connectivity index (χ1n) is 17.6. The fourth-order valence-electron chi connectivity index (χ4n) is 7.47. The number of rotatable bonds is 5. The molecule has 0 aliphatic carbocycles. The summed E-state index contributed by atoms with van der Waals surface area (Å²) >= 11 is 1.88. The second-order valence-corrected chi connectivity index (χ2v) is 14.1. The van der Waals surface area contributed by atoms with E-state index in [4.69, 9.17) is 9.41 Å². The van der Waals surface area contributed by atoms with E-state index in [1.165, 1.54) is 36.9 Å². The van der Waals surface area contributed by atoms with Crippen LogP contribution in [0.3, 0.4) is 0 Å². The largest absolute Gasteiger partial charge is 0.456 e. The van der Waals surface area contributed by atoms with Crippen LogP contribution in [0.1, 0.15) is 23.1 Å². The number of benzene rings is 7. The number of thiophene rings is 1. The Kier molecular flexibility index (Phi) is 7.40. The van der Waals surface area contributed by atoms with Gasteiger partial charge in [-0.2, -0.15) is 0 Å². The highest BCUT2D eigenvalue weighted by molar-refractivity contribution is 7.26. The molecule has 0 bridgehead atoms. The zero-order chi connectivity index (χ0) is 34.4. The van der Waals surface area contributed by atoms with Crippen molar-refractivity contribution in [2.45, 2.75) is 6.42 Å². The van der Waals surface area contributed by atoms with Crippen LogP contribution in [0.5, 0.6) is 0 Å². The van der Waals surface area contributed by atoms with Crippen LogP contribution >= 0.6 is 11.3 Å². The maximum absolute atomic E-state index is 6.54. The highest BCUT2D eigenvalue weighted by Crippen LogP contribution is 2.45. The van der Waals surface area contributed by atoms with Crippen molar-refractivity contribution in [2.75, 3.05) is 0 Å². The third kappa shape index (κ3) is 5.24. The van der Waals surface area contributed by atoms with Gasteiger partial charge >= 0.3 is 0 Å². The highest BCUT2D eigenvalue weighted by Gasteiger charge is 2.20. The Morgan fingerprint density at radius 1 is 0.481 bits per heavy atom. The van der Waals surface area contributed by atoms with Gasteiger partial charge in [-0.1, -0.05) is 158 Å². The number of fused-ring (bicyclic) bond motifs is 6. The van der Waals surface area contributed by atoms with E-state index in [9.17, 15) is 0 Å². The summed E-state index contributed by atoms with van der Waals surface area (Å²) in [5.41, 5.74) is 11.7. The summed E-state index contributed by atoms with van der Waals surface area (Å²) < 4.78 is 9.14. The van der Waals surface area contributed by atoms with Crippen molar-refractivity contribution in [3.63, 3.8) is 0 Å². The van der Waals surface area contributed by atoms with Crippen molar-refractivity contribution in [2.24, 2.45) is 4.99 Å². The summed E-state index contributed by atoms with van der Waals surface area (Å²) in [6, 6.07) is 57.8. The number of hydrogen-bond acceptors (Lipinski definition) is 4. The van der Waals surface area contributed by atoms with E-state index in [0.29, 0.717) is 0 Å². The van der Waals surface area contributed by atoms with Gasteiger partial charge in [0.25, 0.3) is 0 Å². The zero-order valence-corrected chi connectivity index (χ0v) is 29.0. The van der Waals surface area contributed by atoms with Crippen LogP contribution < -0.4 is 5.32 Å². The molecule has 0 amide bonds. The summed E-state index contributed by atoms with van der Waals surface area (Å²) in [5, 5.41) is 8.44. The van der Waals surface area contributed by atoms with Gasteiger partial charge in [-0.05, 0) is 58.0 Å². The molecule has 0 radical (unpaired) electrons. The van der Waals surface area contributed by atoms with E-state index >= 15 is 0 Å². The number of nitrogens with zero attached hydrogens (tertiary/aromatic N) is 1. The fourth-order valence-corrected chi connectivity index (χ4v) is 8.84. The van der Waals surface area contributed by atoms with Crippen LogP contribution in [-0.4, -0.2) is 5.84 Å². The lowest BCUT2D eigenvalue weighted by atomic mass is 9.98. The second-order valence-electron chi connectivity index (χ2n) is 13.1. The van der Waals surface area contributed by atoms with Gasteiger partial charge in [0.05, 0.1) is 5.70 Å². The number of hydrogen-bond donors (Lipinski definition) is 1. The van der Waals surface area contributed by atoms with E-state index in [0.717, 1.165) is 67.8 Å². The summed E-state index contributed by atoms with van der Waals surface area (Å²) in [7, 11) is 0. The summed E-state index contributed by atoms with van der Waals surface area (Å²) in [4.78, 5) is 5.35. The molecule has 0 unspecified atom stereocenters. The van der Waals surface area contributed by atoms with E-state index in [-0.39, 0.29) is 0 Å². The van der Waals surface area contributed by atoms with Crippen LogP contribution in [0.25, 0.3) is 75.8 Å². The molecule has 1 aliphatic heterocycles. The minimum absolute atomic E-state index is 0.760. The standard InChI is InChI=1S/C48H32N2OS/c1-4-14-31(15-5-1)35-20-10-22-37-38-23-11-21-36(47(38)52-46(35)37)34-28-29-43-40(30-34)45-39(24-12-27-44(45)51-43)48-49-41(32-16-6-2-7-17-32)25-13-26-42(50-48)33-18-8-3-9-19-33/h1-12,14-30H,13H2,(H,49,50)/b41-25+,42-26?. The quantitative estimate of drug-likeness (QED) is 0.196. The summed E-state index contributed by atoms with van der Waals surface area (Å²) in [6.07, 6.45) is 5.21. The monoisotopic (exact) mass is 684 g/mol. The molecule has 1 aliphatic rings. The summed E-state index contributed by atoms with van der Waals surface area (Å²) in [6.45, 7) is 0. The lowest BCUT2D eigenvalue weighted by Gasteiger charge is -2.18. The zero-order valence-electron chi connectivity index (χ0n) is 28.2. The molecule has 0 saturated carbocycles. The molecule has 3 nitrogen and oxygen atoms in total. The van der Waals surface area contributed by atoms with Crippen molar-refractivity contribution < 1.29 is 4.42 Å². The Morgan fingerprint density at radius 2 is 1.10 bits per heavy atom. The number of nitrogens with one attached hydrogen (secondary N) is 1. The topological polar surface area (TPSA) is 37.5 Å². The Bertz CT molecular complexity index is 2880. The normalized spacial score (nSPS) is 14.4. The molecule has 3 heterocycles. The molecular formula is C48H32N2OS. The van der Waals surface area contributed by atoms with Crippen molar-refractivity contribution >= 4 is 70.7 Å². The maximum Gasteiger partial charge on any atom is 0.139 e. The van der Waals surface area contributed by atoms with Gasteiger partial charge in [0.2, 0.25) is 0 Å². The Hall–Kier alpha value is -6.49. The van der Waals surface area contributed by atoms with E-state index in [1.54, 1.807) is 0 Å². The lowest BCUT2D eigenvalue weighted by molar-refractivity contribution is 0.669.